The summed E-state index contributed by atoms with van der Waals surface area (Å²) in [7, 11) is -3.36. The van der Waals surface area contributed by atoms with E-state index in [0.29, 0.717) is 12.8 Å². The number of halogens is 1. The van der Waals surface area contributed by atoms with Crippen LogP contribution in [-0.2, 0) is 18.8 Å². The van der Waals surface area contributed by atoms with Gasteiger partial charge < -0.3 is 14.4 Å². The summed E-state index contributed by atoms with van der Waals surface area (Å²) in [5.41, 5.74) is 0. The van der Waals surface area contributed by atoms with E-state index in [1.54, 1.807) is 6.92 Å². The average Bonchev–Trinajstić information content (AvgIpc) is 2.43. The van der Waals surface area contributed by atoms with Crippen LogP contribution in [-0.4, -0.2) is 41.9 Å². The number of carbonyl (C=O) groups is 2. The van der Waals surface area contributed by atoms with Crippen molar-refractivity contribution in [2.24, 2.45) is 0 Å². The summed E-state index contributed by atoms with van der Waals surface area (Å²) in [6.07, 6.45) is -2.19. The van der Waals surface area contributed by atoms with Crippen molar-refractivity contribution in [1.29, 1.82) is 0 Å². The molecular weight excluding hydrogens is 328 g/mol. The summed E-state index contributed by atoms with van der Waals surface area (Å²) >= 11 is 0. The molecule has 1 amide bonds. The zero-order valence-corrected chi connectivity index (χ0v) is 14.8. The number of hydrogen-bond acceptors (Lipinski definition) is 5. The summed E-state index contributed by atoms with van der Waals surface area (Å²) in [6.45, 7) is 5.03. The number of hydrogen-bond donors (Lipinski definition) is 2. The number of rotatable bonds is 11. The third kappa shape index (κ3) is 12.0. The van der Waals surface area contributed by atoms with Gasteiger partial charge in [0.1, 0.15) is 0 Å². The van der Waals surface area contributed by atoms with Crippen molar-refractivity contribution in [2.45, 2.75) is 65.5 Å². The van der Waals surface area contributed by atoms with Gasteiger partial charge in [-0.1, -0.05) is 20.3 Å². The van der Waals surface area contributed by atoms with E-state index in [1.807, 2.05) is 12.2 Å². The highest BCUT2D eigenvalue weighted by Gasteiger charge is 2.22. The molecule has 0 fully saturated rings. The number of ether oxygens (including phenoxy) is 2. The van der Waals surface area contributed by atoms with Crippen molar-refractivity contribution >= 4 is 19.4 Å². The molecule has 0 aliphatic heterocycles. The minimum atomic E-state index is -3.36. The topological polar surface area (TPSA) is 102 Å². The first-order chi connectivity index (χ1) is 10.7. The lowest BCUT2D eigenvalue weighted by Gasteiger charge is -2.17. The highest BCUT2D eigenvalue weighted by Crippen LogP contribution is 2.42. The molecule has 0 saturated heterocycles. The van der Waals surface area contributed by atoms with E-state index in [0.717, 1.165) is 6.42 Å². The third-order valence-corrected chi connectivity index (χ3v) is 4.86. The Morgan fingerprint density at radius 3 is 2.43 bits per heavy atom. The SMILES string of the molecule is CCCCP(=O)(O)CCC(F)NC(=O)OC(C)OC(=O)CCC. The lowest BCUT2D eigenvalue weighted by Crippen LogP contribution is -2.35. The summed E-state index contributed by atoms with van der Waals surface area (Å²) in [4.78, 5) is 32.2. The fraction of sp³-hybridized carbons (Fsp3) is 0.857. The van der Waals surface area contributed by atoms with Crippen LogP contribution in [0.1, 0.15) is 52.9 Å². The molecular formula is C14H27FNO6P. The number of unbranched alkanes of at least 4 members (excludes halogenated alkanes) is 1. The van der Waals surface area contributed by atoms with Gasteiger partial charge in [0.15, 0.2) is 6.30 Å². The standard InChI is InChI=1S/C14H27FNO6P/c1-4-6-9-23(19,20)10-8-12(15)16-14(18)22-11(3)21-13(17)7-5-2/h11-12H,4-10H2,1-3H3,(H,16,18)(H,19,20). The predicted octanol–water partition coefficient (Wildman–Crippen LogP) is 3.16. The fourth-order valence-electron chi connectivity index (χ4n) is 1.69. The summed E-state index contributed by atoms with van der Waals surface area (Å²) in [6, 6.07) is 0. The Morgan fingerprint density at radius 2 is 1.87 bits per heavy atom. The van der Waals surface area contributed by atoms with Gasteiger partial charge in [0.2, 0.25) is 13.7 Å². The van der Waals surface area contributed by atoms with Crippen LogP contribution in [0.25, 0.3) is 0 Å². The van der Waals surface area contributed by atoms with Crippen LogP contribution in [0.5, 0.6) is 0 Å². The first kappa shape index (κ1) is 21.9. The molecule has 0 aliphatic rings. The van der Waals surface area contributed by atoms with Gasteiger partial charge in [-0.25, -0.2) is 9.18 Å². The van der Waals surface area contributed by atoms with Crippen LogP contribution in [0, 0.1) is 0 Å². The molecule has 0 aromatic rings. The van der Waals surface area contributed by atoms with Crippen molar-refractivity contribution in [3.8, 4) is 0 Å². The number of esters is 1. The zero-order chi connectivity index (χ0) is 17.9. The highest BCUT2D eigenvalue weighted by molar-refractivity contribution is 7.57. The minimum absolute atomic E-state index is 0.144. The molecule has 0 bridgehead atoms. The Labute approximate surface area is 136 Å². The van der Waals surface area contributed by atoms with Crippen molar-refractivity contribution in [1.82, 2.24) is 5.32 Å². The van der Waals surface area contributed by atoms with Crippen LogP contribution in [0.15, 0.2) is 0 Å². The predicted molar refractivity (Wildman–Crippen MR) is 84.1 cm³/mol. The van der Waals surface area contributed by atoms with Crippen LogP contribution >= 0.6 is 7.37 Å². The molecule has 0 heterocycles. The van der Waals surface area contributed by atoms with Crippen molar-refractivity contribution < 1.29 is 32.9 Å². The van der Waals surface area contributed by atoms with Crippen molar-refractivity contribution in [3.63, 3.8) is 0 Å². The van der Waals surface area contributed by atoms with E-state index in [4.69, 9.17) is 4.74 Å². The molecule has 7 nitrogen and oxygen atoms in total. The first-order valence-corrected chi connectivity index (χ1v) is 9.84. The number of carbonyl (C=O) groups excluding carboxylic acids is 2. The minimum Gasteiger partial charge on any atom is -0.425 e. The maximum Gasteiger partial charge on any atom is 0.412 e. The monoisotopic (exact) mass is 355 g/mol. The molecule has 0 aromatic carbocycles. The second-order valence-corrected chi connectivity index (χ2v) is 7.85. The summed E-state index contributed by atoms with van der Waals surface area (Å²) < 4.78 is 34.7. The van der Waals surface area contributed by atoms with Gasteiger partial charge >= 0.3 is 12.1 Å². The van der Waals surface area contributed by atoms with Gasteiger partial charge in [0.25, 0.3) is 0 Å². The Hall–Kier alpha value is -1.14. The van der Waals surface area contributed by atoms with Crippen molar-refractivity contribution in [3.05, 3.63) is 0 Å². The maximum absolute atomic E-state index is 13.6. The number of alkyl carbamates (subject to hydrolysis) is 1. The first-order valence-electron chi connectivity index (χ1n) is 7.81. The lowest BCUT2D eigenvalue weighted by molar-refractivity contribution is -0.165. The number of nitrogens with one attached hydrogen (secondary N) is 1. The van der Waals surface area contributed by atoms with Crippen LogP contribution in [0.3, 0.4) is 0 Å². The van der Waals surface area contributed by atoms with Gasteiger partial charge in [-0.2, -0.15) is 0 Å². The van der Waals surface area contributed by atoms with Gasteiger partial charge in [-0.3, -0.25) is 14.7 Å². The molecule has 0 radical (unpaired) electrons. The van der Waals surface area contributed by atoms with Gasteiger partial charge in [0, 0.05) is 32.1 Å². The van der Waals surface area contributed by atoms with Crippen LogP contribution in [0.2, 0.25) is 0 Å². The Balaban J connectivity index is 4.05. The molecule has 9 heteroatoms. The van der Waals surface area contributed by atoms with Gasteiger partial charge in [0.05, 0.1) is 0 Å². The molecule has 0 aliphatic carbocycles. The quantitative estimate of drug-likeness (QED) is 0.255. The second kappa shape index (κ2) is 11.4. The Kier molecular flexibility index (Phi) is 10.8. The molecule has 2 N–H and O–H groups in total. The Bertz CT molecular complexity index is 420. The zero-order valence-electron chi connectivity index (χ0n) is 13.9. The molecule has 3 atom stereocenters. The number of alkyl halides is 1. The molecule has 0 spiro atoms. The van der Waals surface area contributed by atoms with E-state index >= 15 is 0 Å². The summed E-state index contributed by atoms with van der Waals surface area (Å²) in [5, 5.41) is 1.89. The van der Waals surface area contributed by atoms with Crippen LogP contribution < -0.4 is 5.32 Å². The largest absolute Gasteiger partial charge is 0.425 e. The molecule has 0 saturated carbocycles. The second-order valence-electron chi connectivity index (χ2n) is 5.26. The number of amides is 1. The smallest absolute Gasteiger partial charge is 0.412 e. The van der Waals surface area contributed by atoms with Gasteiger partial charge in [-0.15, -0.1) is 0 Å². The normalized spacial score (nSPS) is 16.0. The van der Waals surface area contributed by atoms with E-state index < -0.39 is 32.0 Å². The van der Waals surface area contributed by atoms with E-state index in [9.17, 15) is 23.4 Å². The van der Waals surface area contributed by atoms with E-state index in [2.05, 4.69) is 4.74 Å². The molecule has 23 heavy (non-hydrogen) atoms. The van der Waals surface area contributed by atoms with Crippen LogP contribution in [0.4, 0.5) is 9.18 Å². The highest BCUT2D eigenvalue weighted by atomic mass is 31.2. The van der Waals surface area contributed by atoms with Gasteiger partial charge in [-0.05, 0) is 12.8 Å². The Morgan fingerprint density at radius 1 is 1.22 bits per heavy atom. The van der Waals surface area contributed by atoms with Crippen molar-refractivity contribution in [2.75, 3.05) is 12.3 Å². The molecule has 0 rings (SSSR count). The van der Waals surface area contributed by atoms with E-state index in [-0.39, 0.29) is 25.2 Å². The fourth-order valence-corrected chi connectivity index (χ4v) is 3.35. The average molecular weight is 355 g/mol. The molecule has 3 unspecified atom stereocenters. The molecule has 0 aromatic heterocycles. The third-order valence-electron chi connectivity index (χ3n) is 2.89. The van der Waals surface area contributed by atoms with E-state index in [1.165, 1.54) is 6.92 Å². The lowest BCUT2D eigenvalue weighted by atomic mass is 10.3. The maximum atomic E-state index is 13.6. The summed E-state index contributed by atoms with van der Waals surface area (Å²) in [5.74, 6) is -0.512. The molecule has 136 valence electrons.